The molecule has 0 bridgehead atoms. The second kappa shape index (κ2) is 8.31. The number of nitrogens with one attached hydrogen (secondary N) is 1. The Kier molecular flexibility index (Phi) is 5.82. The number of carbonyl (C=O) groups is 1. The van der Waals surface area contributed by atoms with Gasteiger partial charge in [0.15, 0.2) is 0 Å². The highest BCUT2D eigenvalue weighted by Crippen LogP contribution is 2.22. The van der Waals surface area contributed by atoms with Crippen molar-refractivity contribution in [3.63, 3.8) is 0 Å². The van der Waals surface area contributed by atoms with Crippen molar-refractivity contribution in [3.05, 3.63) is 93.3 Å². The van der Waals surface area contributed by atoms with Crippen LogP contribution in [0.15, 0.2) is 69.0 Å². The fraction of sp³-hybridized carbons (Fsp3) is 0.261. The maximum atomic E-state index is 12.7. The number of rotatable bonds is 5. The Bertz CT molecular complexity index is 1080. The lowest BCUT2D eigenvalue weighted by Crippen LogP contribution is -2.30. The molecule has 1 amide bonds. The van der Waals surface area contributed by atoms with E-state index in [4.69, 9.17) is 4.42 Å². The smallest absolute Gasteiger partial charge is 0.276 e. The predicted octanol–water partition coefficient (Wildman–Crippen LogP) is 3.86. The molecule has 3 rings (SSSR count). The lowest BCUT2D eigenvalue weighted by molar-refractivity contribution is 0.0953. The van der Waals surface area contributed by atoms with Crippen molar-refractivity contribution < 1.29 is 9.21 Å². The fourth-order valence-corrected chi connectivity index (χ4v) is 2.88. The molecule has 0 saturated heterocycles. The number of aryl methyl sites for hydroxylation is 1. The average molecular weight is 391 g/mol. The summed E-state index contributed by atoms with van der Waals surface area (Å²) in [4.78, 5) is 25.1. The normalized spacial score (nSPS) is 11.7. The molecule has 2 aromatic heterocycles. The van der Waals surface area contributed by atoms with Crippen molar-refractivity contribution in [3.8, 4) is 0 Å². The number of hydrogen-bond acceptors (Lipinski definition) is 4. The minimum absolute atomic E-state index is 0.0339. The number of pyridine rings is 1. The van der Waals surface area contributed by atoms with Crippen LogP contribution < -0.4 is 11.0 Å². The molecular weight excluding hydrogens is 366 g/mol. The van der Waals surface area contributed by atoms with Crippen molar-refractivity contribution in [2.24, 2.45) is 5.10 Å². The summed E-state index contributed by atoms with van der Waals surface area (Å²) < 4.78 is 6.86. The van der Waals surface area contributed by atoms with Gasteiger partial charge in [-0.15, -0.1) is 0 Å². The van der Waals surface area contributed by atoms with Crippen LogP contribution in [0.5, 0.6) is 0 Å². The molecule has 0 spiro atoms. The number of nitrogens with zero attached hydrogens (tertiary/aromatic N) is 2. The first-order valence-electron chi connectivity index (χ1n) is 9.43. The maximum absolute atomic E-state index is 12.7. The molecule has 150 valence electrons. The van der Waals surface area contributed by atoms with Gasteiger partial charge in [0, 0.05) is 6.20 Å². The van der Waals surface area contributed by atoms with Crippen LogP contribution in [0, 0.1) is 6.92 Å². The van der Waals surface area contributed by atoms with Crippen LogP contribution in [-0.4, -0.2) is 16.7 Å². The monoisotopic (exact) mass is 391 g/mol. The topological polar surface area (TPSA) is 76.6 Å². The van der Waals surface area contributed by atoms with Gasteiger partial charge in [-0.2, -0.15) is 5.10 Å². The summed E-state index contributed by atoms with van der Waals surface area (Å²) in [5, 5.41) is 3.85. The van der Waals surface area contributed by atoms with Crippen LogP contribution in [0.2, 0.25) is 0 Å². The summed E-state index contributed by atoms with van der Waals surface area (Å²) in [6.07, 6.45) is 3.06. The van der Waals surface area contributed by atoms with E-state index in [0.717, 1.165) is 11.3 Å². The van der Waals surface area contributed by atoms with Gasteiger partial charge < -0.3 is 8.98 Å². The zero-order chi connectivity index (χ0) is 21.0. The SMILES string of the molecule is Cc1ccc(/C=N\NC(=O)c2cccn(Cc3ccc(C(C)(C)C)cc3)c2=O)o1. The van der Waals surface area contributed by atoms with E-state index < -0.39 is 5.91 Å². The van der Waals surface area contributed by atoms with E-state index in [-0.39, 0.29) is 16.5 Å². The minimum atomic E-state index is -0.563. The molecule has 0 radical (unpaired) electrons. The van der Waals surface area contributed by atoms with Gasteiger partial charge in [-0.05, 0) is 47.7 Å². The van der Waals surface area contributed by atoms with Gasteiger partial charge in [-0.3, -0.25) is 9.59 Å². The Labute approximate surface area is 169 Å². The van der Waals surface area contributed by atoms with Gasteiger partial charge in [-0.25, -0.2) is 5.43 Å². The Morgan fingerprint density at radius 2 is 1.86 bits per heavy atom. The quantitative estimate of drug-likeness (QED) is 0.530. The van der Waals surface area contributed by atoms with Crippen molar-refractivity contribution in [1.82, 2.24) is 9.99 Å². The molecule has 6 heteroatoms. The van der Waals surface area contributed by atoms with E-state index in [1.54, 1.807) is 24.4 Å². The van der Waals surface area contributed by atoms with Gasteiger partial charge in [0.25, 0.3) is 11.5 Å². The number of amides is 1. The molecule has 29 heavy (non-hydrogen) atoms. The van der Waals surface area contributed by atoms with Crippen LogP contribution in [0.3, 0.4) is 0 Å². The summed E-state index contributed by atoms with van der Waals surface area (Å²) in [6, 6.07) is 14.9. The van der Waals surface area contributed by atoms with Crippen LogP contribution >= 0.6 is 0 Å². The molecule has 2 heterocycles. The molecule has 1 N–H and O–H groups in total. The molecule has 0 unspecified atom stereocenters. The second-order valence-electron chi connectivity index (χ2n) is 7.95. The third-order valence-corrected chi connectivity index (χ3v) is 4.56. The Morgan fingerprint density at radius 1 is 1.14 bits per heavy atom. The van der Waals surface area contributed by atoms with E-state index in [1.807, 2.05) is 19.1 Å². The summed E-state index contributed by atoms with van der Waals surface area (Å²) in [6.45, 7) is 8.68. The largest absolute Gasteiger partial charge is 0.460 e. The molecule has 0 aliphatic heterocycles. The summed E-state index contributed by atoms with van der Waals surface area (Å²) in [5.41, 5.74) is 4.33. The van der Waals surface area contributed by atoms with E-state index in [2.05, 4.69) is 43.4 Å². The van der Waals surface area contributed by atoms with E-state index in [9.17, 15) is 9.59 Å². The molecule has 0 saturated carbocycles. The zero-order valence-electron chi connectivity index (χ0n) is 17.1. The van der Waals surface area contributed by atoms with E-state index in [0.29, 0.717) is 12.3 Å². The second-order valence-corrected chi connectivity index (χ2v) is 7.95. The Morgan fingerprint density at radius 3 is 2.48 bits per heavy atom. The molecule has 0 atom stereocenters. The first-order valence-corrected chi connectivity index (χ1v) is 9.43. The average Bonchev–Trinajstić information content (AvgIpc) is 3.08. The fourth-order valence-electron chi connectivity index (χ4n) is 2.88. The summed E-state index contributed by atoms with van der Waals surface area (Å²) in [5.74, 6) is 0.707. The van der Waals surface area contributed by atoms with Crippen molar-refractivity contribution in [2.45, 2.75) is 39.7 Å². The van der Waals surface area contributed by atoms with Gasteiger partial charge in [0.2, 0.25) is 0 Å². The molecule has 1 aromatic carbocycles. The third kappa shape index (κ3) is 5.10. The van der Waals surface area contributed by atoms with E-state index >= 15 is 0 Å². The van der Waals surface area contributed by atoms with Gasteiger partial charge in [0.05, 0.1) is 12.8 Å². The van der Waals surface area contributed by atoms with Crippen LogP contribution in [-0.2, 0) is 12.0 Å². The van der Waals surface area contributed by atoms with Crippen LogP contribution in [0.1, 0.15) is 53.8 Å². The number of aromatic nitrogens is 1. The summed E-state index contributed by atoms with van der Waals surface area (Å²) >= 11 is 0. The lowest BCUT2D eigenvalue weighted by atomic mass is 9.87. The number of carbonyl (C=O) groups excluding carboxylic acids is 1. The van der Waals surface area contributed by atoms with Crippen molar-refractivity contribution in [1.29, 1.82) is 0 Å². The summed E-state index contributed by atoms with van der Waals surface area (Å²) in [7, 11) is 0. The highest BCUT2D eigenvalue weighted by molar-refractivity contribution is 5.94. The first-order chi connectivity index (χ1) is 13.7. The molecule has 0 fully saturated rings. The van der Waals surface area contributed by atoms with Crippen LogP contribution in [0.4, 0.5) is 0 Å². The number of hydrogen-bond donors (Lipinski definition) is 1. The zero-order valence-corrected chi connectivity index (χ0v) is 17.1. The highest BCUT2D eigenvalue weighted by atomic mass is 16.3. The van der Waals surface area contributed by atoms with Gasteiger partial charge in [0.1, 0.15) is 17.1 Å². The lowest BCUT2D eigenvalue weighted by Gasteiger charge is -2.19. The molecular formula is C23H25N3O3. The first kappa shape index (κ1) is 20.3. The van der Waals surface area contributed by atoms with Crippen molar-refractivity contribution in [2.75, 3.05) is 0 Å². The highest BCUT2D eigenvalue weighted by Gasteiger charge is 2.14. The van der Waals surface area contributed by atoms with Gasteiger partial charge >= 0.3 is 0 Å². The Hall–Kier alpha value is -3.41. The number of benzene rings is 1. The maximum Gasteiger partial charge on any atom is 0.276 e. The standard InChI is InChI=1S/C23H25N3O3/c1-16-7-12-19(29-16)14-24-25-21(27)20-6-5-13-26(22(20)28)15-17-8-10-18(11-9-17)23(2,3)4/h5-14H,15H2,1-4H3,(H,25,27)/b24-14-. The molecule has 0 aliphatic carbocycles. The Balaban J connectivity index is 1.72. The molecule has 3 aromatic rings. The predicted molar refractivity (Wildman–Crippen MR) is 113 cm³/mol. The number of hydrazone groups is 1. The van der Waals surface area contributed by atoms with E-state index in [1.165, 1.54) is 22.4 Å². The molecule has 6 nitrogen and oxygen atoms in total. The number of furan rings is 1. The minimum Gasteiger partial charge on any atom is -0.460 e. The van der Waals surface area contributed by atoms with Gasteiger partial charge in [-0.1, -0.05) is 45.0 Å². The molecule has 0 aliphatic rings. The van der Waals surface area contributed by atoms with Crippen molar-refractivity contribution >= 4 is 12.1 Å². The van der Waals surface area contributed by atoms with Crippen LogP contribution in [0.25, 0.3) is 0 Å². The third-order valence-electron chi connectivity index (χ3n) is 4.56.